The van der Waals surface area contributed by atoms with Gasteiger partial charge in [0.1, 0.15) is 0 Å². The molecule has 144 valence electrons. The van der Waals surface area contributed by atoms with E-state index in [1.165, 1.54) is 19.3 Å². The summed E-state index contributed by atoms with van der Waals surface area (Å²) in [5.41, 5.74) is 1.05. The lowest BCUT2D eigenvalue weighted by molar-refractivity contribution is -0.121. The summed E-state index contributed by atoms with van der Waals surface area (Å²) in [7, 11) is 0. The molecule has 1 aliphatic carbocycles. The maximum Gasteiger partial charge on any atom is 0.315 e. The zero-order valence-corrected chi connectivity index (χ0v) is 16.3. The van der Waals surface area contributed by atoms with Crippen molar-refractivity contribution in [1.29, 1.82) is 0 Å². The highest BCUT2D eigenvalue weighted by Crippen LogP contribution is 2.19. The Morgan fingerprint density at radius 1 is 1.15 bits per heavy atom. The summed E-state index contributed by atoms with van der Waals surface area (Å²) in [5.74, 6) is 0.00119. The van der Waals surface area contributed by atoms with Crippen LogP contribution in [0.15, 0.2) is 24.3 Å². The number of halogens is 1. The van der Waals surface area contributed by atoms with E-state index >= 15 is 0 Å². The predicted octanol–water partition coefficient (Wildman–Crippen LogP) is 4.32. The molecule has 0 aromatic heterocycles. The van der Waals surface area contributed by atoms with Crippen LogP contribution in [0.4, 0.5) is 4.79 Å². The smallest absolute Gasteiger partial charge is 0.315 e. The second kappa shape index (κ2) is 11.1. The molecule has 1 aromatic carbocycles. The van der Waals surface area contributed by atoms with E-state index in [0.717, 1.165) is 24.8 Å². The van der Waals surface area contributed by atoms with E-state index in [2.05, 4.69) is 16.0 Å². The van der Waals surface area contributed by atoms with Crippen molar-refractivity contribution in [2.24, 2.45) is 0 Å². The summed E-state index contributed by atoms with van der Waals surface area (Å²) in [4.78, 5) is 24.0. The molecule has 0 heterocycles. The summed E-state index contributed by atoms with van der Waals surface area (Å²) in [5, 5.41) is 9.59. The topological polar surface area (TPSA) is 70.2 Å². The van der Waals surface area contributed by atoms with E-state index < -0.39 is 0 Å². The minimum Gasteiger partial charge on any atom is -0.349 e. The highest BCUT2D eigenvalue weighted by molar-refractivity contribution is 6.30. The molecule has 6 heteroatoms. The van der Waals surface area contributed by atoms with Crippen molar-refractivity contribution < 1.29 is 9.59 Å². The van der Waals surface area contributed by atoms with Crippen molar-refractivity contribution >= 4 is 23.5 Å². The van der Waals surface area contributed by atoms with Crippen molar-refractivity contribution in [3.8, 4) is 0 Å². The molecule has 0 saturated heterocycles. The quantitative estimate of drug-likeness (QED) is 0.588. The number of hydrogen-bond acceptors (Lipinski definition) is 2. The molecule has 3 amide bonds. The second-order valence-electron chi connectivity index (χ2n) is 6.92. The first-order chi connectivity index (χ1) is 12.6. The maximum absolute atomic E-state index is 12.1. The van der Waals surface area contributed by atoms with Crippen LogP contribution in [-0.4, -0.2) is 24.5 Å². The van der Waals surface area contributed by atoms with Gasteiger partial charge in [-0.1, -0.05) is 49.9 Å². The Labute approximate surface area is 161 Å². The molecule has 1 aliphatic rings. The standard InChI is InChI=1S/C20H30ClN3O2/c1-2-18(15-10-12-16(21)13-11-15)24-19(25)9-6-14-22-20(26)23-17-7-4-3-5-8-17/h10-13,17-18H,2-9,14H2,1H3,(H,24,25)(H2,22,23,26). The van der Waals surface area contributed by atoms with Gasteiger partial charge in [0.2, 0.25) is 5.91 Å². The number of hydrogen-bond donors (Lipinski definition) is 3. The number of benzene rings is 1. The van der Waals surface area contributed by atoms with Crippen molar-refractivity contribution in [3.05, 3.63) is 34.9 Å². The predicted molar refractivity (Wildman–Crippen MR) is 105 cm³/mol. The third-order valence-electron chi connectivity index (χ3n) is 4.82. The average molecular weight is 380 g/mol. The first kappa shape index (κ1) is 20.6. The van der Waals surface area contributed by atoms with E-state index in [4.69, 9.17) is 11.6 Å². The molecule has 0 spiro atoms. The second-order valence-corrected chi connectivity index (χ2v) is 7.36. The zero-order chi connectivity index (χ0) is 18.8. The van der Waals surface area contributed by atoms with E-state index in [-0.39, 0.29) is 18.0 Å². The van der Waals surface area contributed by atoms with Crippen LogP contribution >= 0.6 is 11.6 Å². The fourth-order valence-corrected chi connectivity index (χ4v) is 3.44. The minimum atomic E-state index is -0.120. The number of carbonyl (C=O) groups excluding carboxylic acids is 2. The lowest BCUT2D eigenvalue weighted by Gasteiger charge is -2.22. The van der Waals surface area contributed by atoms with Gasteiger partial charge in [-0.15, -0.1) is 0 Å². The van der Waals surface area contributed by atoms with Crippen LogP contribution < -0.4 is 16.0 Å². The number of carbonyl (C=O) groups is 2. The molecule has 1 saturated carbocycles. The van der Waals surface area contributed by atoms with Crippen molar-refractivity contribution in [2.45, 2.75) is 70.4 Å². The lowest BCUT2D eigenvalue weighted by Crippen LogP contribution is -2.43. The van der Waals surface area contributed by atoms with Crippen molar-refractivity contribution in [1.82, 2.24) is 16.0 Å². The molecule has 1 atom stereocenters. The molecule has 1 unspecified atom stereocenters. The monoisotopic (exact) mass is 379 g/mol. The van der Waals surface area contributed by atoms with Crippen LogP contribution in [0.1, 0.15) is 69.9 Å². The number of rotatable bonds is 8. The Bertz CT molecular complexity index is 571. The summed E-state index contributed by atoms with van der Waals surface area (Å²) < 4.78 is 0. The summed E-state index contributed by atoms with van der Waals surface area (Å²) in [6.45, 7) is 2.54. The van der Waals surface area contributed by atoms with Crippen molar-refractivity contribution in [2.75, 3.05) is 6.54 Å². The van der Waals surface area contributed by atoms with Crippen molar-refractivity contribution in [3.63, 3.8) is 0 Å². The molecule has 0 radical (unpaired) electrons. The fourth-order valence-electron chi connectivity index (χ4n) is 3.32. The maximum atomic E-state index is 12.1. The van der Waals surface area contributed by atoms with Crippen LogP contribution in [0.5, 0.6) is 0 Å². The Balaban J connectivity index is 1.63. The Hall–Kier alpha value is -1.75. The molecule has 5 nitrogen and oxygen atoms in total. The van der Waals surface area contributed by atoms with E-state index in [1.54, 1.807) is 0 Å². The van der Waals surface area contributed by atoms with Crippen LogP contribution in [0, 0.1) is 0 Å². The van der Waals surface area contributed by atoms with Gasteiger partial charge in [0.25, 0.3) is 0 Å². The van der Waals surface area contributed by atoms with Crippen LogP contribution in [0.25, 0.3) is 0 Å². The van der Waals surface area contributed by atoms with E-state index in [0.29, 0.717) is 30.5 Å². The molecule has 3 N–H and O–H groups in total. The largest absolute Gasteiger partial charge is 0.349 e. The third kappa shape index (κ3) is 7.24. The Kier molecular flexibility index (Phi) is 8.75. The van der Waals surface area contributed by atoms with Gasteiger partial charge < -0.3 is 16.0 Å². The summed E-state index contributed by atoms with van der Waals surface area (Å²) in [6, 6.07) is 7.71. The molecule has 0 aliphatic heterocycles. The van der Waals surface area contributed by atoms with E-state index in [1.807, 2.05) is 31.2 Å². The van der Waals surface area contributed by atoms with Gasteiger partial charge in [0.15, 0.2) is 0 Å². The molecule has 2 rings (SSSR count). The molecule has 1 aromatic rings. The molecular formula is C20H30ClN3O2. The Morgan fingerprint density at radius 3 is 2.50 bits per heavy atom. The highest BCUT2D eigenvalue weighted by Gasteiger charge is 2.15. The van der Waals surface area contributed by atoms with Gasteiger partial charge in [-0.2, -0.15) is 0 Å². The molecule has 0 bridgehead atoms. The number of amides is 3. The normalized spacial score (nSPS) is 15.9. The first-order valence-electron chi connectivity index (χ1n) is 9.67. The number of urea groups is 1. The highest BCUT2D eigenvalue weighted by atomic mass is 35.5. The zero-order valence-electron chi connectivity index (χ0n) is 15.5. The van der Waals surface area contributed by atoms with Gasteiger partial charge in [-0.25, -0.2) is 4.79 Å². The fraction of sp³-hybridized carbons (Fsp3) is 0.600. The van der Waals surface area contributed by atoms with E-state index in [9.17, 15) is 9.59 Å². The first-order valence-corrected chi connectivity index (χ1v) is 10.1. The Morgan fingerprint density at radius 2 is 1.85 bits per heavy atom. The SMILES string of the molecule is CCC(NC(=O)CCCNC(=O)NC1CCCCC1)c1ccc(Cl)cc1. The minimum absolute atomic E-state index is 0.00119. The van der Waals surface area contributed by atoms with Crippen LogP contribution in [0.3, 0.4) is 0 Å². The third-order valence-corrected chi connectivity index (χ3v) is 5.07. The average Bonchev–Trinajstić information content (AvgIpc) is 2.65. The summed E-state index contributed by atoms with van der Waals surface area (Å²) in [6.07, 6.45) is 7.63. The molecule has 1 fully saturated rings. The number of nitrogens with one attached hydrogen (secondary N) is 3. The summed E-state index contributed by atoms with van der Waals surface area (Å²) >= 11 is 5.91. The van der Waals surface area contributed by atoms with Gasteiger partial charge in [0.05, 0.1) is 6.04 Å². The van der Waals surface area contributed by atoms with Crippen LogP contribution in [-0.2, 0) is 4.79 Å². The van der Waals surface area contributed by atoms with Gasteiger partial charge >= 0.3 is 6.03 Å². The van der Waals surface area contributed by atoms with Crippen LogP contribution in [0.2, 0.25) is 5.02 Å². The molecular weight excluding hydrogens is 350 g/mol. The van der Waals surface area contributed by atoms with Gasteiger partial charge in [0, 0.05) is 24.0 Å². The molecule has 26 heavy (non-hydrogen) atoms. The van der Waals surface area contributed by atoms with Gasteiger partial charge in [-0.05, 0) is 43.4 Å². The van der Waals surface area contributed by atoms with Gasteiger partial charge in [-0.3, -0.25) is 4.79 Å². The lowest BCUT2D eigenvalue weighted by atomic mass is 9.96.